The molecule has 0 radical (unpaired) electrons. The van der Waals surface area contributed by atoms with E-state index < -0.39 is 10.0 Å². The molecule has 124 valence electrons. The van der Waals surface area contributed by atoms with Gasteiger partial charge in [0.2, 0.25) is 15.9 Å². The molecule has 0 saturated carbocycles. The highest BCUT2D eigenvalue weighted by atomic mass is 32.2. The number of carbonyl (C=O) groups excluding carboxylic acids is 1. The van der Waals surface area contributed by atoms with Crippen LogP contribution in [0.4, 0.5) is 0 Å². The van der Waals surface area contributed by atoms with E-state index in [1.807, 2.05) is 23.9 Å². The van der Waals surface area contributed by atoms with Crippen molar-refractivity contribution in [2.75, 3.05) is 26.4 Å². The number of rotatable bonds is 5. The molecule has 0 N–H and O–H groups in total. The molecule has 1 aliphatic rings. The molecule has 2 heterocycles. The van der Waals surface area contributed by atoms with E-state index in [1.54, 1.807) is 11.9 Å². The van der Waals surface area contributed by atoms with Gasteiger partial charge in [-0.15, -0.1) is 0 Å². The zero-order valence-corrected chi connectivity index (χ0v) is 14.2. The molecule has 0 unspecified atom stereocenters. The lowest BCUT2D eigenvalue weighted by Crippen LogP contribution is -2.43. The summed E-state index contributed by atoms with van der Waals surface area (Å²) >= 11 is 0. The minimum absolute atomic E-state index is 0.0687. The standard InChI is InChI=1S/C14H24N4O3S/c1-4-17-8-7-13(15-17)11-16(2)14(19)12-5-9-18(10-6-12)22(3,20)21/h7-8,12H,4-6,9-11H2,1-3H3. The lowest BCUT2D eigenvalue weighted by atomic mass is 9.96. The van der Waals surface area contributed by atoms with Crippen molar-refractivity contribution in [3.8, 4) is 0 Å². The number of amides is 1. The monoisotopic (exact) mass is 328 g/mol. The smallest absolute Gasteiger partial charge is 0.225 e. The van der Waals surface area contributed by atoms with E-state index in [2.05, 4.69) is 5.10 Å². The third kappa shape index (κ3) is 4.07. The summed E-state index contributed by atoms with van der Waals surface area (Å²) in [6.07, 6.45) is 4.28. The molecule has 0 spiro atoms. The highest BCUT2D eigenvalue weighted by molar-refractivity contribution is 7.88. The Morgan fingerprint density at radius 2 is 2.05 bits per heavy atom. The van der Waals surface area contributed by atoms with E-state index in [0.717, 1.165) is 12.2 Å². The van der Waals surface area contributed by atoms with Gasteiger partial charge in [-0.25, -0.2) is 12.7 Å². The van der Waals surface area contributed by atoms with Crippen molar-refractivity contribution in [3.05, 3.63) is 18.0 Å². The number of carbonyl (C=O) groups is 1. The Labute approximate surface area is 131 Å². The second kappa shape index (κ2) is 6.78. The Morgan fingerprint density at radius 3 is 2.55 bits per heavy atom. The van der Waals surface area contributed by atoms with Crippen molar-refractivity contribution in [1.29, 1.82) is 0 Å². The fraction of sp³-hybridized carbons (Fsp3) is 0.714. The maximum atomic E-state index is 12.5. The molecule has 0 atom stereocenters. The molecule has 0 aromatic carbocycles. The first-order chi connectivity index (χ1) is 10.3. The molecule has 1 aromatic rings. The molecule has 1 saturated heterocycles. The van der Waals surface area contributed by atoms with E-state index in [1.165, 1.54) is 10.6 Å². The number of hydrogen-bond donors (Lipinski definition) is 0. The van der Waals surface area contributed by atoms with E-state index in [-0.39, 0.29) is 11.8 Å². The van der Waals surface area contributed by atoms with Gasteiger partial charge in [0.25, 0.3) is 0 Å². The quantitative estimate of drug-likeness (QED) is 0.790. The minimum atomic E-state index is -3.15. The van der Waals surface area contributed by atoms with E-state index in [9.17, 15) is 13.2 Å². The predicted molar refractivity (Wildman–Crippen MR) is 83.5 cm³/mol. The van der Waals surface area contributed by atoms with Crippen LogP contribution in [-0.2, 0) is 27.9 Å². The lowest BCUT2D eigenvalue weighted by Gasteiger charge is -2.31. The van der Waals surface area contributed by atoms with Gasteiger partial charge in [-0.2, -0.15) is 5.10 Å². The van der Waals surface area contributed by atoms with Gasteiger partial charge in [0, 0.05) is 38.8 Å². The molecule has 8 heteroatoms. The molecule has 1 aromatic heterocycles. The number of aryl methyl sites for hydroxylation is 1. The van der Waals surface area contributed by atoms with Crippen LogP contribution in [0.15, 0.2) is 12.3 Å². The van der Waals surface area contributed by atoms with Gasteiger partial charge in [0.05, 0.1) is 18.5 Å². The largest absolute Gasteiger partial charge is 0.340 e. The van der Waals surface area contributed by atoms with Crippen LogP contribution in [0.5, 0.6) is 0 Å². The zero-order valence-electron chi connectivity index (χ0n) is 13.4. The fourth-order valence-corrected chi connectivity index (χ4v) is 3.61. The highest BCUT2D eigenvalue weighted by Gasteiger charge is 2.30. The lowest BCUT2D eigenvalue weighted by molar-refractivity contribution is -0.136. The maximum absolute atomic E-state index is 12.5. The first-order valence-electron chi connectivity index (χ1n) is 7.53. The number of piperidine rings is 1. The summed E-state index contributed by atoms with van der Waals surface area (Å²) in [5.74, 6) is -0.0320. The van der Waals surface area contributed by atoms with Crippen LogP contribution in [0.1, 0.15) is 25.5 Å². The minimum Gasteiger partial charge on any atom is -0.340 e. The predicted octanol–water partition coefficient (Wildman–Crippen LogP) is 0.533. The van der Waals surface area contributed by atoms with Gasteiger partial charge in [0.1, 0.15) is 0 Å². The van der Waals surface area contributed by atoms with Gasteiger partial charge in [-0.3, -0.25) is 9.48 Å². The topological polar surface area (TPSA) is 75.5 Å². The van der Waals surface area contributed by atoms with E-state index >= 15 is 0 Å². The van der Waals surface area contributed by atoms with Crippen LogP contribution in [0.3, 0.4) is 0 Å². The van der Waals surface area contributed by atoms with Gasteiger partial charge in [-0.05, 0) is 25.8 Å². The van der Waals surface area contributed by atoms with Crippen LogP contribution in [-0.4, -0.2) is 59.7 Å². The Hall–Kier alpha value is -1.41. The van der Waals surface area contributed by atoms with Crippen molar-refractivity contribution in [2.45, 2.75) is 32.9 Å². The third-order valence-corrected chi connectivity index (χ3v) is 5.37. The van der Waals surface area contributed by atoms with Crippen LogP contribution >= 0.6 is 0 Å². The van der Waals surface area contributed by atoms with Crippen LogP contribution in [0.25, 0.3) is 0 Å². The SMILES string of the molecule is CCn1ccc(CN(C)C(=O)C2CCN(S(C)(=O)=O)CC2)n1. The molecular weight excluding hydrogens is 304 g/mol. The second-order valence-electron chi connectivity index (χ2n) is 5.79. The van der Waals surface area contributed by atoms with Gasteiger partial charge in [0.15, 0.2) is 0 Å². The Balaban J connectivity index is 1.89. The van der Waals surface area contributed by atoms with Crippen LogP contribution in [0.2, 0.25) is 0 Å². The molecule has 0 aliphatic carbocycles. The molecule has 7 nitrogen and oxygen atoms in total. The summed E-state index contributed by atoms with van der Waals surface area (Å²) in [6.45, 7) is 4.15. The molecular formula is C14H24N4O3S. The molecule has 1 amide bonds. The summed E-state index contributed by atoms with van der Waals surface area (Å²) in [5.41, 5.74) is 0.867. The van der Waals surface area contributed by atoms with Crippen LogP contribution in [0, 0.1) is 5.92 Å². The first kappa shape index (κ1) is 17.0. The number of aromatic nitrogens is 2. The van der Waals surface area contributed by atoms with Gasteiger partial charge >= 0.3 is 0 Å². The zero-order chi connectivity index (χ0) is 16.3. The van der Waals surface area contributed by atoms with Gasteiger partial charge in [-0.1, -0.05) is 0 Å². The first-order valence-corrected chi connectivity index (χ1v) is 9.38. The molecule has 22 heavy (non-hydrogen) atoms. The van der Waals surface area contributed by atoms with Crippen LogP contribution < -0.4 is 0 Å². The summed E-state index contributed by atoms with van der Waals surface area (Å²) in [4.78, 5) is 14.1. The van der Waals surface area contributed by atoms with Crippen molar-refractivity contribution in [2.24, 2.45) is 5.92 Å². The van der Waals surface area contributed by atoms with Crippen molar-refractivity contribution in [1.82, 2.24) is 19.0 Å². The third-order valence-electron chi connectivity index (χ3n) is 4.07. The highest BCUT2D eigenvalue weighted by Crippen LogP contribution is 2.21. The van der Waals surface area contributed by atoms with E-state index in [0.29, 0.717) is 32.5 Å². The number of sulfonamides is 1. The summed E-state index contributed by atoms with van der Waals surface area (Å²) < 4.78 is 26.3. The average molecular weight is 328 g/mol. The fourth-order valence-electron chi connectivity index (χ4n) is 2.73. The average Bonchev–Trinajstić information content (AvgIpc) is 2.93. The summed E-state index contributed by atoms with van der Waals surface area (Å²) in [6, 6.07) is 1.92. The van der Waals surface area contributed by atoms with Crippen molar-refractivity contribution < 1.29 is 13.2 Å². The Bertz CT molecular complexity index is 618. The number of nitrogens with zero attached hydrogens (tertiary/aromatic N) is 4. The van der Waals surface area contributed by atoms with Crippen molar-refractivity contribution in [3.63, 3.8) is 0 Å². The van der Waals surface area contributed by atoms with Crippen molar-refractivity contribution >= 4 is 15.9 Å². The molecule has 0 bridgehead atoms. The normalized spacial score (nSPS) is 17.6. The summed E-state index contributed by atoms with van der Waals surface area (Å²) in [5, 5.41) is 4.38. The Morgan fingerprint density at radius 1 is 1.41 bits per heavy atom. The molecule has 2 rings (SSSR count). The number of hydrogen-bond acceptors (Lipinski definition) is 4. The van der Waals surface area contributed by atoms with Gasteiger partial charge < -0.3 is 4.90 Å². The molecule has 1 fully saturated rings. The van der Waals surface area contributed by atoms with E-state index in [4.69, 9.17) is 0 Å². The summed E-state index contributed by atoms with van der Waals surface area (Å²) in [7, 11) is -1.37. The Kier molecular flexibility index (Phi) is 5.23. The maximum Gasteiger partial charge on any atom is 0.225 e. The second-order valence-corrected chi connectivity index (χ2v) is 7.78. The molecule has 1 aliphatic heterocycles.